The van der Waals surface area contributed by atoms with Crippen LogP contribution in [0.3, 0.4) is 0 Å². The number of nitrogens with two attached hydrogens (primary N) is 1. The molecule has 3 heteroatoms. The smallest absolute Gasteiger partial charge is 0.303 e. The van der Waals surface area contributed by atoms with E-state index in [-0.39, 0.29) is 11.5 Å². The highest BCUT2D eigenvalue weighted by Crippen LogP contribution is 2.43. The van der Waals surface area contributed by atoms with Crippen LogP contribution in [0.25, 0.3) is 0 Å². The molecule has 1 saturated carbocycles. The predicted octanol–water partition coefficient (Wildman–Crippen LogP) is 2.93. The Kier molecular flexibility index (Phi) is 5.26. The number of carbonyl (C=O) groups is 1. The molecule has 0 amide bonds. The Labute approximate surface area is 98.4 Å². The van der Waals surface area contributed by atoms with Crippen LogP contribution in [0.4, 0.5) is 0 Å². The molecule has 0 heterocycles. The Hall–Kier alpha value is -0.570. The van der Waals surface area contributed by atoms with Gasteiger partial charge in [-0.2, -0.15) is 0 Å². The number of hydrogen-bond acceptors (Lipinski definition) is 2. The van der Waals surface area contributed by atoms with E-state index in [0.29, 0.717) is 6.42 Å². The van der Waals surface area contributed by atoms with Gasteiger partial charge in [-0.3, -0.25) is 4.79 Å². The van der Waals surface area contributed by atoms with Crippen LogP contribution in [-0.4, -0.2) is 17.1 Å². The van der Waals surface area contributed by atoms with Gasteiger partial charge in [-0.1, -0.05) is 26.2 Å². The minimum Gasteiger partial charge on any atom is -0.481 e. The van der Waals surface area contributed by atoms with Crippen LogP contribution in [-0.2, 0) is 4.79 Å². The Balaban J connectivity index is 2.55. The van der Waals surface area contributed by atoms with Crippen molar-refractivity contribution < 1.29 is 9.90 Å². The monoisotopic (exact) mass is 227 g/mol. The van der Waals surface area contributed by atoms with Gasteiger partial charge in [0.2, 0.25) is 0 Å². The van der Waals surface area contributed by atoms with Crippen molar-refractivity contribution in [2.45, 2.75) is 70.8 Å². The summed E-state index contributed by atoms with van der Waals surface area (Å²) in [5, 5.41) is 8.82. The second-order valence-electron chi connectivity index (χ2n) is 5.33. The van der Waals surface area contributed by atoms with E-state index in [1.54, 1.807) is 0 Å². The maximum Gasteiger partial charge on any atom is 0.303 e. The molecule has 3 N–H and O–H groups in total. The molecule has 16 heavy (non-hydrogen) atoms. The Morgan fingerprint density at radius 1 is 1.38 bits per heavy atom. The lowest BCUT2D eigenvalue weighted by atomic mass is 9.67. The third-order valence-electron chi connectivity index (χ3n) is 4.00. The molecule has 0 aromatic rings. The zero-order valence-electron chi connectivity index (χ0n) is 10.4. The minimum absolute atomic E-state index is 0.228. The summed E-state index contributed by atoms with van der Waals surface area (Å²) in [5.74, 6) is -0.671. The third-order valence-corrected chi connectivity index (χ3v) is 4.00. The van der Waals surface area contributed by atoms with Gasteiger partial charge in [0.15, 0.2) is 0 Å². The van der Waals surface area contributed by atoms with E-state index >= 15 is 0 Å². The van der Waals surface area contributed by atoms with Gasteiger partial charge >= 0.3 is 5.97 Å². The van der Waals surface area contributed by atoms with Crippen molar-refractivity contribution in [1.29, 1.82) is 0 Å². The first-order valence-corrected chi connectivity index (χ1v) is 6.55. The highest BCUT2D eigenvalue weighted by molar-refractivity contribution is 5.66. The van der Waals surface area contributed by atoms with Gasteiger partial charge in [-0.05, 0) is 37.5 Å². The molecule has 1 fully saturated rings. The van der Waals surface area contributed by atoms with Crippen molar-refractivity contribution >= 4 is 5.97 Å². The van der Waals surface area contributed by atoms with Crippen molar-refractivity contribution in [1.82, 2.24) is 0 Å². The molecular formula is C13H25NO2. The number of aliphatic carboxylic acids is 1. The van der Waals surface area contributed by atoms with Crippen molar-refractivity contribution in [3.05, 3.63) is 0 Å². The average Bonchev–Trinajstić information content (AvgIpc) is 2.28. The molecule has 1 aliphatic carbocycles. The zero-order valence-corrected chi connectivity index (χ0v) is 10.4. The maximum atomic E-state index is 10.7. The first-order chi connectivity index (χ1) is 7.58. The number of hydrogen-bond donors (Lipinski definition) is 2. The molecule has 0 bridgehead atoms. The van der Waals surface area contributed by atoms with E-state index in [0.717, 1.165) is 19.3 Å². The molecule has 1 unspecified atom stereocenters. The maximum absolute atomic E-state index is 10.7. The summed E-state index contributed by atoms with van der Waals surface area (Å²) in [6.07, 6.45) is 9.27. The summed E-state index contributed by atoms with van der Waals surface area (Å²) < 4.78 is 0. The fourth-order valence-electron chi connectivity index (χ4n) is 2.93. The van der Waals surface area contributed by atoms with E-state index in [1.807, 2.05) is 0 Å². The van der Waals surface area contributed by atoms with Gasteiger partial charge in [-0.15, -0.1) is 0 Å². The molecule has 1 rings (SSSR count). The molecule has 1 aliphatic rings. The van der Waals surface area contributed by atoms with E-state index in [1.165, 1.54) is 32.1 Å². The standard InChI is InChI=1S/C13H25NO2/c1-2-11(14)10-13(9-6-12(15)16)7-4-3-5-8-13/h11H,2-10,14H2,1H3,(H,15,16). The highest BCUT2D eigenvalue weighted by atomic mass is 16.4. The lowest BCUT2D eigenvalue weighted by Crippen LogP contribution is -2.33. The molecule has 0 spiro atoms. The van der Waals surface area contributed by atoms with Gasteiger partial charge in [0.25, 0.3) is 0 Å². The van der Waals surface area contributed by atoms with E-state index in [9.17, 15) is 4.79 Å². The quantitative estimate of drug-likeness (QED) is 0.733. The summed E-state index contributed by atoms with van der Waals surface area (Å²) >= 11 is 0. The van der Waals surface area contributed by atoms with E-state index < -0.39 is 5.97 Å². The topological polar surface area (TPSA) is 63.3 Å². The first kappa shape index (κ1) is 13.5. The zero-order chi connectivity index (χ0) is 12.0. The van der Waals surface area contributed by atoms with Crippen molar-refractivity contribution in [2.75, 3.05) is 0 Å². The molecule has 3 nitrogen and oxygen atoms in total. The highest BCUT2D eigenvalue weighted by Gasteiger charge is 2.33. The summed E-state index contributed by atoms with van der Waals surface area (Å²) in [7, 11) is 0. The molecular weight excluding hydrogens is 202 g/mol. The van der Waals surface area contributed by atoms with Gasteiger partial charge in [-0.25, -0.2) is 0 Å². The third kappa shape index (κ3) is 4.12. The van der Waals surface area contributed by atoms with Crippen LogP contribution >= 0.6 is 0 Å². The Morgan fingerprint density at radius 2 is 2.00 bits per heavy atom. The van der Waals surface area contributed by atoms with Crippen LogP contribution < -0.4 is 5.73 Å². The second-order valence-corrected chi connectivity index (χ2v) is 5.33. The normalized spacial score (nSPS) is 21.6. The average molecular weight is 227 g/mol. The molecule has 0 radical (unpaired) electrons. The van der Waals surface area contributed by atoms with Crippen molar-refractivity contribution in [2.24, 2.45) is 11.1 Å². The molecule has 1 atom stereocenters. The van der Waals surface area contributed by atoms with Gasteiger partial charge in [0.1, 0.15) is 0 Å². The first-order valence-electron chi connectivity index (χ1n) is 6.55. The fraction of sp³-hybridized carbons (Fsp3) is 0.923. The molecule has 0 aromatic carbocycles. The van der Waals surface area contributed by atoms with Crippen LogP contribution in [0.1, 0.15) is 64.7 Å². The van der Waals surface area contributed by atoms with Crippen LogP contribution in [0.2, 0.25) is 0 Å². The Morgan fingerprint density at radius 3 is 2.50 bits per heavy atom. The number of carboxylic acids is 1. The Bertz CT molecular complexity index is 222. The second kappa shape index (κ2) is 6.24. The number of carboxylic acid groups (broad SMARTS) is 1. The summed E-state index contributed by atoms with van der Waals surface area (Å²) in [4.78, 5) is 10.7. The predicted molar refractivity (Wildman–Crippen MR) is 65.3 cm³/mol. The molecule has 0 aliphatic heterocycles. The molecule has 94 valence electrons. The minimum atomic E-state index is -0.671. The summed E-state index contributed by atoms with van der Waals surface area (Å²) in [6.45, 7) is 2.11. The molecule has 0 aromatic heterocycles. The van der Waals surface area contributed by atoms with Crippen LogP contribution in [0.5, 0.6) is 0 Å². The summed E-state index contributed by atoms with van der Waals surface area (Å²) in [6, 6.07) is 0.242. The lowest BCUT2D eigenvalue weighted by molar-refractivity contribution is -0.137. The van der Waals surface area contributed by atoms with Crippen LogP contribution in [0, 0.1) is 5.41 Å². The SMILES string of the molecule is CCC(N)CC1(CCC(=O)O)CCCCC1. The van der Waals surface area contributed by atoms with E-state index in [2.05, 4.69) is 6.92 Å². The van der Waals surface area contributed by atoms with Crippen molar-refractivity contribution in [3.63, 3.8) is 0 Å². The largest absolute Gasteiger partial charge is 0.481 e. The fourth-order valence-corrected chi connectivity index (χ4v) is 2.93. The summed E-state index contributed by atoms with van der Waals surface area (Å²) in [5.41, 5.74) is 6.28. The number of rotatable bonds is 6. The molecule has 0 saturated heterocycles. The van der Waals surface area contributed by atoms with Gasteiger partial charge < -0.3 is 10.8 Å². The van der Waals surface area contributed by atoms with Crippen molar-refractivity contribution in [3.8, 4) is 0 Å². The van der Waals surface area contributed by atoms with Gasteiger partial charge in [0, 0.05) is 12.5 Å². The van der Waals surface area contributed by atoms with Crippen LogP contribution in [0.15, 0.2) is 0 Å². The lowest BCUT2D eigenvalue weighted by Gasteiger charge is -2.39. The van der Waals surface area contributed by atoms with Gasteiger partial charge in [0.05, 0.1) is 0 Å². The van der Waals surface area contributed by atoms with E-state index in [4.69, 9.17) is 10.8 Å².